The highest BCUT2D eigenvalue weighted by Gasteiger charge is 2.38. The van der Waals surface area contributed by atoms with Crippen LogP contribution in [0.1, 0.15) is 49.9 Å². The summed E-state index contributed by atoms with van der Waals surface area (Å²) < 4.78 is 2.59. The van der Waals surface area contributed by atoms with Crippen molar-refractivity contribution in [3.8, 4) is 55.6 Å². The summed E-state index contributed by atoms with van der Waals surface area (Å²) in [5.74, 6) is 0. The monoisotopic (exact) mass is 811 g/mol. The molecule has 12 rings (SSSR count). The smallest absolute Gasteiger partial charge is 0.0546 e. The van der Waals surface area contributed by atoms with Crippen molar-refractivity contribution in [3.05, 3.63) is 222 Å². The molecule has 0 amide bonds. The normalized spacial score (nSPS) is 14.1. The summed E-state index contributed by atoms with van der Waals surface area (Å²) in [5, 5.41) is 2.60. The predicted octanol–water partition coefficient (Wildman–Crippen LogP) is 17.1. The number of hydrogen-bond donors (Lipinski definition) is 0. The number of benzene rings is 9. The van der Waals surface area contributed by atoms with E-state index in [1.54, 1.807) is 0 Å². The van der Waals surface area contributed by atoms with Gasteiger partial charge in [-0.1, -0.05) is 191 Å². The highest BCUT2D eigenvalue weighted by molar-refractivity contribution is 7.25. The number of fused-ring (bicyclic) bond motifs is 9. The SMILES string of the molecule is CC1(C)c2ccccc2-c2cc(-c3ccccc3N(c3ccc4c(c3)sc3ccccc34)c3cccc(-c4cccc5c4C(C)(C)c4ccccc4-5)c3-c3ccccc3)ccc21. The Morgan fingerprint density at radius 3 is 1.73 bits per heavy atom. The predicted molar refractivity (Wildman–Crippen MR) is 265 cm³/mol. The molecule has 0 unspecified atom stereocenters. The van der Waals surface area contributed by atoms with Crippen molar-refractivity contribution < 1.29 is 0 Å². The lowest BCUT2D eigenvalue weighted by Crippen LogP contribution is -2.17. The van der Waals surface area contributed by atoms with Crippen LogP contribution < -0.4 is 4.90 Å². The molecule has 9 aromatic carbocycles. The number of nitrogens with zero attached hydrogens (tertiary/aromatic N) is 1. The highest BCUT2D eigenvalue weighted by Crippen LogP contribution is 2.56. The molecule has 1 heterocycles. The Labute approximate surface area is 368 Å². The molecule has 1 nitrogen and oxygen atoms in total. The average Bonchev–Trinajstić information content (AvgIpc) is 3.88. The second kappa shape index (κ2) is 13.8. The number of hydrogen-bond acceptors (Lipinski definition) is 2. The average molecular weight is 812 g/mol. The first-order chi connectivity index (χ1) is 30.3. The summed E-state index contributed by atoms with van der Waals surface area (Å²) in [4.78, 5) is 2.54. The summed E-state index contributed by atoms with van der Waals surface area (Å²) >= 11 is 1.87. The zero-order chi connectivity index (χ0) is 41.7. The first kappa shape index (κ1) is 36.8. The molecule has 296 valence electrons. The maximum Gasteiger partial charge on any atom is 0.0546 e. The molecule has 0 fully saturated rings. The minimum atomic E-state index is -0.175. The largest absolute Gasteiger partial charge is 0.309 e. The molecule has 0 N–H and O–H groups in total. The van der Waals surface area contributed by atoms with Gasteiger partial charge in [0.15, 0.2) is 0 Å². The van der Waals surface area contributed by atoms with E-state index in [4.69, 9.17) is 0 Å². The summed E-state index contributed by atoms with van der Waals surface area (Å²) in [6.45, 7) is 9.51. The lowest BCUT2D eigenvalue weighted by atomic mass is 9.77. The molecule has 0 atom stereocenters. The van der Waals surface area contributed by atoms with E-state index < -0.39 is 0 Å². The fourth-order valence-electron chi connectivity index (χ4n) is 11.0. The molecule has 0 bridgehead atoms. The summed E-state index contributed by atoms with van der Waals surface area (Å²) in [6.07, 6.45) is 0. The van der Waals surface area contributed by atoms with Gasteiger partial charge in [0.05, 0.1) is 11.4 Å². The second-order valence-corrected chi connectivity index (χ2v) is 19.1. The lowest BCUT2D eigenvalue weighted by Gasteiger charge is -2.32. The molecular weight excluding hydrogens is 767 g/mol. The third-order valence-electron chi connectivity index (χ3n) is 13.9. The van der Waals surface area contributed by atoms with Gasteiger partial charge in [0.1, 0.15) is 0 Å². The Kier molecular flexibility index (Phi) is 8.17. The number of para-hydroxylation sites is 1. The first-order valence-corrected chi connectivity index (χ1v) is 22.6. The van der Waals surface area contributed by atoms with Gasteiger partial charge >= 0.3 is 0 Å². The van der Waals surface area contributed by atoms with Crippen LogP contribution >= 0.6 is 11.3 Å². The van der Waals surface area contributed by atoms with Crippen LogP contribution in [0.5, 0.6) is 0 Å². The Morgan fingerprint density at radius 2 is 0.919 bits per heavy atom. The van der Waals surface area contributed by atoms with Crippen molar-refractivity contribution in [2.45, 2.75) is 38.5 Å². The zero-order valence-electron chi connectivity index (χ0n) is 35.4. The van der Waals surface area contributed by atoms with Gasteiger partial charge in [-0.3, -0.25) is 0 Å². The molecule has 2 heteroatoms. The third-order valence-corrected chi connectivity index (χ3v) is 15.0. The van der Waals surface area contributed by atoms with Crippen molar-refractivity contribution >= 4 is 48.6 Å². The van der Waals surface area contributed by atoms with Crippen LogP contribution in [0.15, 0.2) is 200 Å². The second-order valence-electron chi connectivity index (χ2n) is 18.0. The van der Waals surface area contributed by atoms with E-state index in [2.05, 4.69) is 233 Å². The van der Waals surface area contributed by atoms with E-state index in [1.807, 2.05) is 11.3 Å². The van der Waals surface area contributed by atoms with Gasteiger partial charge in [0, 0.05) is 47.8 Å². The Morgan fingerprint density at radius 1 is 0.355 bits per heavy atom. The third kappa shape index (κ3) is 5.39. The summed E-state index contributed by atoms with van der Waals surface area (Å²) in [6, 6.07) is 74.9. The van der Waals surface area contributed by atoms with E-state index in [1.165, 1.54) is 98.1 Å². The van der Waals surface area contributed by atoms with Crippen LogP contribution in [0, 0.1) is 0 Å². The van der Waals surface area contributed by atoms with E-state index >= 15 is 0 Å². The molecule has 1 aromatic heterocycles. The Balaban J connectivity index is 1.14. The lowest BCUT2D eigenvalue weighted by molar-refractivity contribution is 0.660. The van der Waals surface area contributed by atoms with Gasteiger partial charge < -0.3 is 4.90 Å². The van der Waals surface area contributed by atoms with Crippen molar-refractivity contribution in [3.63, 3.8) is 0 Å². The number of anilines is 3. The van der Waals surface area contributed by atoms with Gasteiger partial charge in [0.25, 0.3) is 0 Å². The standard InChI is InChI=1S/C60H45NS/c1-59(2)50-27-12-9-22-43(50)49-36-39(32-35-52(49)59)41-20-10-14-29-53(41)61(40-33-34-45-44-23-11-15-31-55(44)62-56(45)37-40)54-30-17-24-46(57(54)38-18-6-5-7-19-38)48-26-16-25-47-42-21-8-13-28-51(42)60(3,4)58(47)48/h5-37H,1-4H3. The minimum absolute atomic E-state index is 0.0613. The molecule has 0 saturated carbocycles. The molecule has 2 aliphatic carbocycles. The van der Waals surface area contributed by atoms with E-state index in [0.29, 0.717) is 0 Å². The quantitative estimate of drug-likeness (QED) is 0.162. The fraction of sp³-hybridized carbons (Fsp3) is 0.100. The zero-order valence-corrected chi connectivity index (χ0v) is 36.2. The number of rotatable bonds is 6. The highest BCUT2D eigenvalue weighted by atomic mass is 32.1. The number of thiophene rings is 1. The van der Waals surface area contributed by atoms with Crippen LogP contribution in [-0.2, 0) is 10.8 Å². The molecular formula is C60H45NS. The van der Waals surface area contributed by atoms with Crippen molar-refractivity contribution in [1.82, 2.24) is 0 Å². The van der Waals surface area contributed by atoms with Crippen LogP contribution in [-0.4, -0.2) is 0 Å². The molecule has 0 saturated heterocycles. The van der Waals surface area contributed by atoms with Crippen LogP contribution in [0.2, 0.25) is 0 Å². The van der Waals surface area contributed by atoms with E-state index in [9.17, 15) is 0 Å². The van der Waals surface area contributed by atoms with Crippen molar-refractivity contribution in [2.24, 2.45) is 0 Å². The van der Waals surface area contributed by atoms with Gasteiger partial charge in [-0.2, -0.15) is 0 Å². The molecule has 0 spiro atoms. The van der Waals surface area contributed by atoms with Crippen molar-refractivity contribution in [1.29, 1.82) is 0 Å². The minimum Gasteiger partial charge on any atom is -0.309 e. The van der Waals surface area contributed by atoms with Gasteiger partial charge in [0.2, 0.25) is 0 Å². The van der Waals surface area contributed by atoms with Crippen LogP contribution in [0.3, 0.4) is 0 Å². The van der Waals surface area contributed by atoms with Gasteiger partial charge in [-0.15, -0.1) is 11.3 Å². The van der Waals surface area contributed by atoms with E-state index in [0.717, 1.165) is 17.1 Å². The summed E-state index contributed by atoms with van der Waals surface area (Å²) in [5.41, 5.74) is 21.3. The molecule has 0 aliphatic heterocycles. The topological polar surface area (TPSA) is 3.24 Å². The van der Waals surface area contributed by atoms with Gasteiger partial charge in [-0.25, -0.2) is 0 Å². The molecule has 0 radical (unpaired) electrons. The Bertz CT molecular complexity index is 3420. The van der Waals surface area contributed by atoms with Crippen LogP contribution in [0.4, 0.5) is 17.1 Å². The van der Waals surface area contributed by atoms with Crippen molar-refractivity contribution in [2.75, 3.05) is 4.90 Å². The fourth-order valence-corrected chi connectivity index (χ4v) is 12.1. The van der Waals surface area contributed by atoms with Gasteiger partial charge in [-0.05, 0) is 103 Å². The first-order valence-electron chi connectivity index (χ1n) is 21.8. The maximum atomic E-state index is 2.54. The molecule has 2 aliphatic rings. The van der Waals surface area contributed by atoms with Crippen LogP contribution in [0.25, 0.3) is 75.8 Å². The van der Waals surface area contributed by atoms with E-state index in [-0.39, 0.29) is 10.8 Å². The summed E-state index contributed by atoms with van der Waals surface area (Å²) in [7, 11) is 0. The molecule has 62 heavy (non-hydrogen) atoms. The Hall–Kier alpha value is -7.00. The maximum absolute atomic E-state index is 2.54. The molecule has 10 aromatic rings.